The number of amides is 2. The molecule has 1 aromatic rings. The largest absolute Gasteiger partial charge is 0.371 e. The Bertz CT molecular complexity index is 635. The van der Waals surface area contributed by atoms with E-state index >= 15 is 0 Å². The molecule has 0 radical (unpaired) electrons. The third kappa shape index (κ3) is 6.25. The summed E-state index contributed by atoms with van der Waals surface area (Å²) in [6.45, 7) is 9.54. The third-order valence-corrected chi connectivity index (χ3v) is 5.52. The molecule has 0 aromatic heterocycles. The van der Waals surface area contributed by atoms with E-state index in [0.717, 1.165) is 50.1 Å². The van der Waals surface area contributed by atoms with Crippen molar-refractivity contribution in [3.8, 4) is 0 Å². The molecule has 28 heavy (non-hydrogen) atoms. The van der Waals surface area contributed by atoms with Gasteiger partial charge in [0.25, 0.3) is 5.91 Å². The van der Waals surface area contributed by atoms with Gasteiger partial charge in [0.2, 0.25) is 5.91 Å². The summed E-state index contributed by atoms with van der Waals surface area (Å²) in [5, 5.41) is 2.99. The zero-order valence-corrected chi connectivity index (χ0v) is 17.9. The van der Waals surface area contributed by atoms with Crippen molar-refractivity contribution in [1.82, 2.24) is 4.90 Å². The number of nitrogens with zero attached hydrogens (tertiary/aromatic N) is 2. The van der Waals surface area contributed by atoms with Crippen LogP contribution in [0.25, 0.3) is 0 Å². The Labute approximate surface area is 170 Å². The molecule has 1 aliphatic rings. The predicted octanol–water partition coefficient (Wildman–Crippen LogP) is 5.07. The molecule has 1 heterocycles. The summed E-state index contributed by atoms with van der Waals surface area (Å²) in [7, 11) is 0. The van der Waals surface area contributed by atoms with Gasteiger partial charge in [-0.25, -0.2) is 0 Å². The minimum atomic E-state index is 0.0339. The summed E-state index contributed by atoms with van der Waals surface area (Å²) < 4.78 is 0. The molecule has 0 aliphatic carbocycles. The van der Waals surface area contributed by atoms with Gasteiger partial charge < -0.3 is 15.1 Å². The van der Waals surface area contributed by atoms with Crippen LogP contribution in [0.15, 0.2) is 18.2 Å². The zero-order chi connectivity index (χ0) is 20.4. The molecule has 5 nitrogen and oxygen atoms in total. The highest BCUT2D eigenvalue weighted by Gasteiger charge is 2.22. The van der Waals surface area contributed by atoms with Crippen LogP contribution in [-0.4, -0.2) is 42.9 Å². The normalized spacial score (nSPS) is 13.6. The Morgan fingerprint density at radius 3 is 2.32 bits per heavy atom. The molecule has 0 bridgehead atoms. The smallest absolute Gasteiger partial charge is 0.256 e. The second-order valence-electron chi connectivity index (χ2n) is 7.62. The Hall–Kier alpha value is -2.04. The first-order chi connectivity index (χ1) is 13.6. The zero-order valence-electron chi connectivity index (χ0n) is 17.9. The minimum absolute atomic E-state index is 0.0339. The average molecular weight is 388 g/mol. The lowest BCUT2D eigenvalue weighted by Crippen LogP contribution is -2.32. The summed E-state index contributed by atoms with van der Waals surface area (Å²) in [5.41, 5.74) is 2.41. The van der Waals surface area contributed by atoms with Crippen molar-refractivity contribution in [1.29, 1.82) is 0 Å². The summed E-state index contributed by atoms with van der Waals surface area (Å²) in [4.78, 5) is 29.5. The van der Waals surface area contributed by atoms with Crippen molar-refractivity contribution in [3.05, 3.63) is 23.8 Å². The fourth-order valence-electron chi connectivity index (χ4n) is 3.81. The molecule has 0 atom stereocenters. The van der Waals surface area contributed by atoms with E-state index in [1.54, 1.807) is 0 Å². The van der Waals surface area contributed by atoms with Crippen LogP contribution in [0.5, 0.6) is 0 Å². The van der Waals surface area contributed by atoms with Crippen LogP contribution in [0.2, 0.25) is 0 Å². The topological polar surface area (TPSA) is 52.7 Å². The number of carbonyl (C=O) groups is 2. The molecule has 1 N–H and O–H groups in total. The Balaban J connectivity index is 2.10. The number of rotatable bonds is 11. The fraction of sp³-hybridized carbons (Fsp3) is 0.652. The first-order valence-electron chi connectivity index (χ1n) is 11.1. The van der Waals surface area contributed by atoms with Gasteiger partial charge >= 0.3 is 0 Å². The van der Waals surface area contributed by atoms with Gasteiger partial charge in [0.05, 0.1) is 5.56 Å². The molecule has 156 valence electrons. The Morgan fingerprint density at radius 1 is 1.00 bits per heavy atom. The second-order valence-corrected chi connectivity index (χ2v) is 7.62. The van der Waals surface area contributed by atoms with Gasteiger partial charge in [-0.1, -0.05) is 32.6 Å². The number of nitrogens with one attached hydrogen (secondary N) is 1. The van der Waals surface area contributed by atoms with Crippen LogP contribution >= 0.6 is 0 Å². The molecular formula is C23H37N3O2. The first-order valence-corrected chi connectivity index (χ1v) is 11.1. The lowest BCUT2D eigenvalue weighted by Gasteiger charge is -2.25. The van der Waals surface area contributed by atoms with E-state index < -0.39 is 0 Å². The van der Waals surface area contributed by atoms with Crippen LogP contribution in [-0.2, 0) is 4.79 Å². The van der Waals surface area contributed by atoms with Crippen molar-refractivity contribution < 1.29 is 9.59 Å². The summed E-state index contributed by atoms with van der Waals surface area (Å²) in [6.07, 6.45) is 8.51. The van der Waals surface area contributed by atoms with Gasteiger partial charge in [0.15, 0.2) is 0 Å². The quantitative estimate of drug-likeness (QED) is 0.540. The number of carbonyl (C=O) groups excluding carboxylic acids is 2. The van der Waals surface area contributed by atoms with Crippen LogP contribution in [0.3, 0.4) is 0 Å². The van der Waals surface area contributed by atoms with Crippen molar-refractivity contribution in [2.75, 3.05) is 36.4 Å². The molecular weight excluding hydrogens is 350 g/mol. The molecule has 1 aliphatic heterocycles. The Morgan fingerprint density at radius 2 is 1.68 bits per heavy atom. The lowest BCUT2D eigenvalue weighted by molar-refractivity contribution is -0.116. The summed E-state index contributed by atoms with van der Waals surface area (Å²) in [5.74, 6) is 0.0780. The second kappa shape index (κ2) is 11.7. The van der Waals surface area contributed by atoms with E-state index in [9.17, 15) is 9.59 Å². The molecule has 0 saturated carbocycles. The van der Waals surface area contributed by atoms with E-state index in [1.165, 1.54) is 19.3 Å². The molecule has 0 unspecified atom stereocenters. The van der Waals surface area contributed by atoms with Gasteiger partial charge in [-0.15, -0.1) is 0 Å². The van der Waals surface area contributed by atoms with Gasteiger partial charge in [-0.2, -0.15) is 0 Å². The van der Waals surface area contributed by atoms with Crippen molar-refractivity contribution >= 4 is 23.2 Å². The number of benzene rings is 1. The van der Waals surface area contributed by atoms with Crippen molar-refractivity contribution in [3.63, 3.8) is 0 Å². The third-order valence-electron chi connectivity index (χ3n) is 5.52. The van der Waals surface area contributed by atoms with Crippen LogP contribution in [0.1, 0.15) is 82.5 Å². The van der Waals surface area contributed by atoms with E-state index in [0.29, 0.717) is 25.1 Å². The maximum absolute atomic E-state index is 13.1. The van der Waals surface area contributed by atoms with Gasteiger partial charge in [-0.3, -0.25) is 9.59 Å². The Kier molecular flexibility index (Phi) is 9.32. The van der Waals surface area contributed by atoms with Crippen molar-refractivity contribution in [2.45, 2.75) is 72.1 Å². The molecule has 1 fully saturated rings. The fourth-order valence-corrected chi connectivity index (χ4v) is 3.81. The highest BCUT2D eigenvalue weighted by molar-refractivity contribution is 6.02. The maximum atomic E-state index is 13.1. The van der Waals surface area contributed by atoms with Gasteiger partial charge in [0, 0.05) is 44.0 Å². The van der Waals surface area contributed by atoms with Crippen molar-refractivity contribution in [2.24, 2.45) is 0 Å². The van der Waals surface area contributed by atoms with E-state index in [1.807, 2.05) is 36.9 Å². The molecule has 1 aromatic carbocycles. The summed E-state index contributed by atoms with van der Waals surface area (Å²) >= 11 is 0. The first kappa shape index (κ1) is 22.3. The molecule has 2 amide bonds. The summed E-state index contributed by atoms with van der Waals surface area (Å²) in [6, 6.07) is 5.80. The average Bonchev–Trinajstić information content (AvgIpc) is 3.23. The van der Waals surface area contributed by atoms with Crippen LogP contribution in [0.4, 0.5) is 11.4 Å². The monoisotopic (exact) mass is 387 g/mol. The van der Waals surface area contributed by atoms with E-state index in [-0.39, 0.29) is 11.8 Å². The lowest BCUT2D eigenvalue weighted by atomic mass is 10.1. The van der Waals surface area contributed by atoms with Crippen LogP contribution in [0, 0.1) is 0 Å². The van der Waals surface area contributed by atoms with Crippen LogP contribution < -0.4 is 10.2 Å². The maximum Gasteiger partial charge on any atom is 0.256 e. The standard InChI is InChI=1S/C23H37N3O2/c1-4-7-8-9-10-13-22(27)24-19-14-15-21(26-16-11-12-17-26)20(18-19)23(28)25(5-2)6-3/h14-15,18H,4-13,16-17H2,1-3H3,(H,24,27). The SMILES string of the molecule is CCCCCCCC(=O)Nc1ccc(N2CCCC2)c(C(=O)N(CC)CC)c1. The molecule has 1 saturated heterocycles. The highest BCUT2D eigenvalue weighted by Crippen LogP contribution is 2.29. The van der Waals surface area contributed by atoms with Gasteiger partial charge in [-0.05, 0) is 51.3 Å². The number of anilines is 2. The molecule has 0 spiro atoms. The number of hydrogen-bond acceptors (Lipinski definition) is 3. The molecule has 5 heteroatoms. The minimum Gasteiger partial charge on any atom is -0.371 e. The van der Waals surface area contributed by atoms with E-state index in [4.69, 9.17) is 0 Å². The van der Waals surface area contributed by atoms with E-state index in [2.05, 4.69) is 17.1 Å². The number of hydrogen-bond donors (Lipinski definition) is 1. The number of unbranched alkanes of at least 4 members (excludes halogenated alkanes) is 4. The predicted molar refractivity (Wildman–Crippen MR) is 117 cm³/mol. The van der Waals surface area contributed by atoms with Gasteiger partial charge in [0.1, 0.15) is 0 Å². The molecule has 2 rings (SSSR count). The highest BCUT2D eigenvalue weighted by atomic mass is 16.2.